The standard InChI is InChI=1S/C22H35N3O/c1-2-3-4-12-17-26-18-13-8-6-5-7-11-16-23-22-19-24-20-14-9-10-15-21(20)25-22/h9-10,14-15,19H,2-8,11-13,16-18H2,1H3,(H,23,25). The lowest BCUT2D eigenvalue weighted by Crippen LogP contribution is -2.04. The van der Waals surface area contributed by atoms with Crippen LogP contribution in [-0.2, 0) is 4.74 Å². The first-order valence-corrected chi connectivity index (χ1v) is 10.4. The topological polar surface area (TPSA) is 47.0 Å². The minimum atomic E-state index is 0.875. The number of ether oxygens (including phenoxy) is 1. The molecule has 0 spiro atoms. The molecule has 0 radical (unpaired) electrons. The second-order valence-corrected chi connectivity index (χ2v) is 6.97. The fourth-order valence-corrected chi connectivity index (χ4v) is 3.03. The fraction of sp³-hybridized carbons (Fsp3) is 0.636. The van der Waals surface area contributed by atoms with Crippen LogP contribution in [0.1, 0.15) is 71.1 Å². The van der Waals surface area contributed by atoms with E-state index in [-0.39, 0.29) is 0 Å². The number of anilines is 1. The molecule has 0 aliphatic heterocycles. The zero-order valence-corrected chi connectivity index (χ0v) is 16.4. The van der Waals surface area contributed by atoms with Gasteiger partial charge in [0.05, 0.1) is 17.2 Å². The Kier molecular flexibility index (Phi) is 10.7. The van der Waals surface area contributed by atoms with E-state index >= 15 is 0 Å². The summed E-state index contributed by atoms with van der Waals surface area (Å²) in [6, 6.07) is 7.98. The minimum Gasteiger partial charge on any atom is -0.381 e. The molecule has 26 heavy (non-hydrogen) atoms. The number of benzene rings is 1. The van der Waals surface area contributed by atoms with Crippen LogP contribution in [0.15, 0.2) is 30.5 Å². The number of nitrogens with one attached hydrogen (secondary N) is 1. The summed E-state index contributed by atoms with van der Waals surface area (Å²) in [7, 11) is 0. The van der Waals surface area contributed by atoms with Crippen molar-refractivity contribution in [2.24, 2.45) is 0 Å². The highest BCUT2D eigenvalue weighted by molar-refractivity contribution is 5.75. The molecule has 4 nitrogen and oxygen atoms in total. The van der Waals surface area contributed by atoms with Gasteiger partial charge in [0, 0.05) is 19.8 Å². The Morgan fingerprint density at radius 3 is 2.23 bits per heavy atom. The van der Waals surface area contributed by atoms with E-state index in [1.807, 2.05) is 30.5 Å². The molecule has 0 fully saturated rings. The van der Waals surface area contributed by atoms with Gasteiger partial charge in [-0.1, -0.05) is 64.0 Å². The maximum atomic E-state index is 5.68. The zero-order chi connectivity index (χ0) is 18.3. The lowest BCUT2D eigenvalue weighted by Gasteiger charge is -2.06. The van der Waals surface area contributed by atoms with E-state index in [2.05, 4.69) is 22.2 Å². The molecule has 0 aliphatic rings. The second kappa shape index (κ2) is 13.5. The van der Waals surface area contributed by atoms with Crippen molar-refractivity contribution in [1.82, 2.24) is 9.97 Å². The number of hydrogen-bond donors (Lipinski definition) is 1. The Labute approximate surface area is 158 Å². The van der Waals surface area contributed by atoms with Crippen LogP contribution in [0.2, 0.25) is 0 Å². The maximum absolute atomic E-state index is 5.68. The van der Waals surface area contributed by atoms with E-state index in [1.165, 1.54) is 64.2 Å². The first-order chi connectivity index (χ1) is 12.9. The SMILES string of the molecule is CCCCCCOCCCCCCCCNc1cnc2ccccc2n1. The Hall–Kier alpha value is -1.68. The van der Waals surface area contributed by atoms with Gasteiger partial charge in [-0.05, 0) is 31.4 Å². The zero-order valence-electron chi connectivity index (χ0n) is 16.4. The van der Waals surface area contributed by atoms with Gasteiger partial charge in [-0.15, -0.1) is 0 Å². The molecular formula is C22H35N3O. The third-order valence-electron chi connectivity index (χ3n) is 4.61. The smallest absolute Gasteiger partial charge is 0.145 e. The van der Waals surface area contributed by atoms with Crippen molar-refractivity contribution in [1.29, 1.82) is 0 Å². The van der Waals surface area contributed by atoms with Gasteiger partial charge in [-0.2, -0.15) is 0 Å². The number of aromatic nitrogens is 2. The van der Waals surface area contributed by atoms with Crippen LogP contribution in [0.5, 0.6) is 0 Å². The number of rotatable bonds is 15. The molecule has 0 amide bonds. The van der Waals surface area contributed by atoms with Gasteiger partial charge in [-0.25, -0.2) is 4.98 Å². The van der Waals surface area contributed by atoms with Crippen LogP contribution in [0, 0.1) is 0 Å². The second-order valence-electron chi connectivity index (χ2n) is 6.97. The highest BCUT2D eigenvalue weighted by atomic mass is 16.5. The molecule has 0 unspecified atom stereocenters. The van der Waals surface area contributed by atoms with Crippen LogP contribution in [0.25, 0.3) is 11.0 Å². The van der Waals surface area contributed by atoms with E-state index < -0.39 is 0 Å². The molecule has 1 N–H and O–H groups in total. The number of nitrogens with zero attached hydrogens (tertiary/aromatic N) is 2. The number of hydrogen-bond acceptors (Lipinski definition) is 4. The molecule has 2 rings (SSSR count). The fourth-order valence-electron chi connectivity index (χ4n) is 3.03. The molecule has 4 heteroatoms. The predicted molar refractivity (Wildman–Crippen MR) is 111 cm³/mol. The first kappa shape index (κ1) is 20.6. The van der Waals surface area contributed by atoms with Crippen LogP contribution in [-0.4, -0.2) is 29.7 Å². The molecule has 0 bridgehead atoms. The largest absolute Gasteiger partial charge is 0.381 e. The number of unbranched alkanes of at least 4 members (excludes halogenated alkanes) is 8. The van der Waals surface area contributed by atoms with Gasteiger partial charge >= 0.3 is 0 Å². The molecule has 0 atom stereocenters. The van der Waals surface area contributed by atoms with Gasteiger partial charge in [0.1, 0.15) is 5.82 Å². The molecule has 1 aromatic heterocycles. The average Bonchev–Trinajstić information content (AvgIpc) is 2.68. The quantitative estimate of drug-likeness (QED) is 0.398. The molecular weight excluding hydrogens is 322 g/mol. The highest BCUT2D eigenvalue weighted by Gasteiger charge is 1.98. The summed E-state index contributed by atoms with van der Waals surface area (Å²) in [5.74, 6) is 0.875. The molecule has 1 heterocycles. The monoisotopic (exact) mass is 357 g/mol. The predicted octanol–water partition coefficient (Wildman–Crippen LogP) is 5.98. The lowest BCUT2D eigenvalue weighted by molar-refractivity contribution is 0.126. The Bertz CT molecular complexity index is 603. The van der Waals surface area contributed by atoms with Crippen LogP contribution < -0.4 is 5.32 Å². The minimum absolute atomic E-state index is 0.875. The Morgan fingerprint density at radius 2 is 1.46 bits per heavy atom. The van der Waals surface area contributed by atoms with Crippen molar-refractivity contribution in [3.8, 4) is 0 Å². The summed E-state index contributed by atoms with van der Waals surface area (Å²) in [6.07, 6.45) is 14.6. The van der Waals surface area contributed by atoms with Crippen LogP contribution >= 0.6 is 0 Å². The summed E-state index contributed by atoms with van der Waals surface area (Å²) < 4.78 is 5.68. The van der Waals surface area contributed by atoms with Crippen LogP contribution in [0.4, 0.5) is 5.82 Å². The van der Waals surface area contributed by atoms with Crippen molar-refractivity contribution >= 4 is 16.9 Å². The van der Waals surface area contributed by atoms with E-state index in [0.717, 1.165) is 36.6 Å². The lowest BCUT2D eigenvalue weighted by atomic mass is 10.1. The third kappa shape index (κ3) is 8.61. The van der Waals surface area contributed by atoms with Crippen molar-refractivity contribution in [2.45, 2.75) is 71.1 Å². The molecule has 1 aromatic carbocycles. The highest BCUT2D eigenvalue weighted by Crippen LogP contribution is 2.12. The summed E-state index contributed by atoms with van der Waals surface area (Å²) >= 11 is 0. The number of fused-ring (bicyclic) bond motifs is 1. The molecule has 0 aliphatic carbocycles. The van der Waals surface area contributed by atoms with Gasteiger partial charge in [-0.3, -0.25) is 4.98 Å². The van der Waals surface area contributed by atoms with E-state index in [4.69, 9.17) is 4.74 Å². The third-order valence-corrected chi connectivity index (χ3v) is 4.61. The normalized spacial score (nSPS) is 11.1. The summed E-state index contributed by atoms with van der Waals surface area (Å²) in [5.41, 5.74) is 1.90. The van der Waals surface area contributed by atoms with Gasteiger partial charge in [0.2, 0.25) is 0 Å². The summed E-state index contributed by atoms with van der Waals surface area (Å²) in [5, 5.41) is 3.38. The van der Waals surface area contributed by atoms with Gasteiger partial charge < -0.3 is 10.1 Å². The van der Waals surface area contributed by atoms with Gasteiger partial charge in [0.15, 0.2) is 0 Å². The molecule has 0 saturated heterocycles. The van der Waals surface area contributed by atoms with Crippen LogP contribution in [0.3, 0.4) is 0 Å². The number of para-hydroxylation sites is 2. The average molecular weight is 358 g/mol. The molecule has 0 saturated carbocycles. The molecule has 144 valence electrons. The summed E-state index contributed by atoms with van der Waals surface area (Å²) in [4.78, 5) is 9.02. The van der Waals surface area contributed by atoms with E-state index in [9.17, 15) is 0 Å². The molecule has 2 aromatic rings. The van der Waals surface area contributed by atoms with E-state index in [1.54, 1.807) is 0 Å². The Morgan fingerprint density at radius 1 is 0.808 bits per heavy atom. The van der Waals surface area contributed by atoms with Crippen molar-refractivity contribution in [3.05, 3.63) is 30.5 Å². The van der Waals surface area contributed by atoms with Crippen molar-refractivity contribution < 1.29 is 4.74 Å². The Balaban J connectivity index is 1.40. The first-order valence-electron chi connectivity index (χ1n) is 10.4. The van der Waals surface area contributed by atoms with Crippen molar-refractivity contribution in [2.75, 3.05) is 25.1 Å². The maximum Gasteiger partial charge on any atom is 0.145 e. The summed E-state index contributed by atoms with van der Waals surface area (Å²) in [6.45, 7) is 5.10. The van der Waals surface area contributed by atoms with E-state index in [0.29, 0.717) is 0 Å². The van der Waals surface area contributed by atoms with Crippen molar-refractivity contribution in [3.63, 3.8) is 0 Å². The van der Waals surface area contributed by atoms with Gasteiger partial charge in [0.25, 0.3) is 0 Å².